The molecule has 0 bridgehead atoms. The largest absolute Gasteiger partial charge is 0.346 e. The van der Waals surface area contributed by atoms with Crippen molar-refractivity contribution in [3.05, 3.63) is 70.8 Å². The van der Waals surface area contributed by atoms with Crippen molar-refractivity contribution >= 4 is 11.8 Å². The molecule has 1 atom stereocenters. The monoisotopic (exact) mass is 298 g/mol. The number of amides is 2. The molecule has 2 aromatic rings. The summed E-state index contributed by atoms with van der Waals surface area (Å²) in [5.74, 6) is -0.712. The fourth-order valence-corrected chi connectivity index (χ4v) is 2.14. The molecule has 1 unspecified atom stereocenters. The van der Waals surface area contributed by atoms with E-state index < -0.39 is 5.91 Å². The minimum Gasteiger partial charge on any atom is -0.346 e. The van der Waals surface area contributed by atoms with Gasteiger partial charge >= 0.3 is 0 Å². The summed E-state index contributed by atoms with van der Waals surface area (Å²) >= 11 is 0. The van der Waals surface area contributed by atoms with Crippen molar-refractivity contribution in [3.8, 4) is 0 Å². The van der Waals surface area contributed by atoms with Crippen LogP contribution in [0.5, 0.6) is 0 Å². The number of carbonyl (C=O) groups excluding carboxylic acids is 2. The topological polar surface area (TPSA) is 78.4 Å². The smallest absolute Gasteiger partial charge is 0.274 e. The maximum Gasteiger partial charge on any atom is 0.274 e. The SMILES string of the molecule is Cc1cccc(C(=O)NC(C)c2ccc(C(=O)NO)cc2)c1. The second-order valence-corrected chi connectivity index (χ2v) is 5.13. The van der Waals surface area contributed by atoms with E-state index in [-0.39, 0.29) is 11.9 Å². The molecule has 0 aliphatic heterocycles. The van der Waals surface area contributed by atoms with Crippen molar-refractivity contribution in [2.75, 3.05) is 0 Å². The number of hydrogen-bond donors (Lipinski definition) is 3. The second-order valence-electron chi connectivity index (χ2n) is 5.13. The summed E-state index contributed by atoms with van der Waals surface area (Å²) in [7, 11) is 0. The molecule has 0 aliphatic carbocycles. The van der Waals surface area contributed by atoms with Crippen molar-refractivity contribution in [1.82, 2.24) is 10.8 Å². The highest BCUT2D eigenvalue weighted by molar-refractivity contribution is 5.95. The van der Waals surface area contributed by atoms with E-state index in [0.29, 0.717) is 11.1 Å². The zero-order chi connectivity index (χ0) is 16.1. The Kier molecular flexibility index (Phi) is 4.91. The highest BCUT2D eigenvalue weighted by Gasteiger charge is 2.12. The van der Waals surface area contributed by atoms with Crippen LogP contribution in [0.2, 0.25) is 0 Å². The van der Waals surface area contributed by atoms with Crippen LogP contribution in [0.25, 0.3) is 0 Å². The Morgan fingerprint density at radius 1 is 1.00 bits per heavy atom. The van der Waals surface area contributed by atoms with Crippen LogP contribution in [0.4, 0.5) is 0 Å². The third-order valence-corrected chi connectivity index (χ3v) is 3.40. The normalized spacial score (nSPS) is 11.6. The first-order valence-corrected chi connectivity index (χ1v) is 6.93. The first-order chi connectivity index (χ1) is 10.5. The maximum absolute atomic E-state index is 12.2. The number of aryl methyl sites for hydroxylation is 1. The minimum atomic E-state index is -0.567. The molecule has 5 heteroatoms. The van der Waals surface area contributed by atoms with E-state index in [0.717, 1.165) is 11.1 Å². The van der Waals surface area contributed by atoms with Gasteiger partial charge in [-0.25, -0.2) is 5.48 Å². The van der Waals surface area contributed by atoms with Gasteiger partial charge in [0.1, 0.15) is 0 Å². The quantitative estimate of drug-likeness (QED) is 0.599. The molecule has 0 aliphatic rings. The van der Waals surface area contributed by atoms with Gasteiger partial charge in [0.05, 0.1) is 6.04 Å². The average molecular weight is 298 g/mol. The highest BCUT2D eigenvalue weighted by Crippen LogP contribution is 2.14. The Labute approximate surface area is 128 Å². The molecule has 2 rings (SSSR count). The number of benzene rings is 2. The number of hydroxylamine groups is 1. The van der Waals surface area contributed by atoms with E-state index in [1.807, 2.05) is 32.0 Å². The Morgan fingerprint density at radius 3 is 2.27 bits per heavy atom. The molecule has 2 amide bonds. The summed E-state index contributed by atoms with van der Waals surface area (Å²) in [5, 5.41) is 11.5. The van der Waals surface area contributed by atoms with Crippen molar-refractivity contribution in [2.24, 2.45) is 0 Å². The summed E-state index contributed by atoms with van der Waals surface area (Å²) in [6.07, 6.45) is 0. The molecular formula is C17H18N2O3. The first-order valence-electron chi connectivity index (χ1n) is 6.93. The van der Waals surface area contributed by atoms with E-state index in [1.54, 1.807) is 35.8 Å². The predicted molar refractivity (Wildman–Crippen MR) is 82.8 cm³/mol. The lowest BCUT2D eigenvalue weighted by Crippen LogP contribution is -2.26. The van der Waals surface area contributed by atoms with Crippen LogP contribution >= 0.6 is 0 Å². The van der Waals surface area contributed by atoms with E-state index in [4.69, 9.17) is 5.21 Å². The molecule has 0 spiro atoms. The van der Waals surface area contributed by atoms with Gasteiger partial charge in [-0.2, -0.15) is 0 Å². The standard InChI is InChI=1S/C17H18N2O3/c1-11-4-3-5-15(10-11)16(20)18-12(2)13-6-8-14(9-7-13)17(21)19-22/h3-10,12,22H,1-2H3,(H,18,20)(H,19,21). The molecule has 0 radical (unpaired) electrons. The van der Waals surface area contributed by atoms with E-state index in [9.17, 15) is 9.59 Å². The van der Waals surface area contributed by atoms with E-state index in [1.165, 1.54) is 0 Å². The Morgan fingerprint density at radius 2 is 1.68 bits per heavy atom. The van der Waals surface area contributed by atoms with Crippen LogP contribution in [0.3, 0.4) is 0 Å². The molecule has 2 aromatic carbocycles. The highest BCUT2D eigenvalue weighted by atomic mass is 16.5. The molecule has 0 saturated heterocycles. The van der Waals surface area contributed by atoms with Gasteiger partial charge in [-0.05, 0) is 43.7 Å². The number of rotatable bonds is 4. The Hall–Kier alpha value is -2.66. The minimum absolute atomic E-state index is 0.145. The van der Waals surface area contributed by atoms with Gasteiger partial charge in [0, 0.05) is 11.1 Å². The molecule has 22 heavy (non-hydrogen) atoms. The third kappa shape index (κ3) is 3.71. The summed E-state index contributed by atoms with van der Waals surface area (Å²) in [6, 6.07) is 13.9. The van der Waals surface area contributed by atoms with Crippen molar-refractivity contribution in [2.45, 2.75) is 19.9 Å². The van der Waals surface area contributed by atoms with Crippen LogP contribution in [-0.4, -0.2) is 17.0 Å². The number of nitrogens with one attached hydrogen (secondary N) is 2. The Balaban J connectivity index is 2.07. The van der Waals surface area contributed by atoms with Gasteiger partial charge in [0.25, 0.3) is 11.8 Å². The van der Waals surface area contributed by atoms with Gasteiger partial charge in [-0.1, -0.05) is 29.8 Å². The summed E-state index contributed by atoms with van der Waals surface area (Å²) < 4.78 is 0. The Bertz CT molecular complexity index is 681. The molecule has 0 fully saturated rings. The zero-order valence-corrected chi connectivity index (χ0v) is 12.5. The molecule has 0 aromatic heterocycles. The van der Waals surface area contributed by atoms with E-state index >= 15 is 0 Å². The molecule has 0 heterocycles. The molecule has 5 nitrogen and oxygen atoms in total. The van der Waals surface area contributed by atoms with Crippen molar-refractivity contribution < 1.29 is 14.8 Å². The van der Waals surface area contributed by atoms with Crippen molar-refractivity contribution in [1.29, 1.82) is 0 Å². The molecule has 114 valence electrons. The van der Waals surface area contributed by atoms with Crippen molar-refractivity contribution in [3.63, 3.8) is 0 Å². The maximum atomic E-state index is 12.2. The summed E-state index contributed by atoms with van der Waals surface area (Å²) in [4.78, 5) is 23.5. The van der Waals surface area contributed by atoms with Crippen LogP contribution in [0.15, 0.2) is 48.5 Å². The average Bonchev–Trinajstić information content (AvgIpc) is 2.54. The fourth-order valence-electron chi connectivity index (χ4n) is 2.14. The zero-order valence-electron chi connectivity index (χ0n) is 12.5. The van der Waals surface area contributed by atoms with E-state index in [2.05, 4.69) is 5.32 Å². The fraction of sp³-hybridized carbons (Fsp3) is 0.176. The molecular weight excluding hydrogens is 280 g/mol. The lowest BCUT2D eigenvalue weighted by molar-refractivity contribution is 0.0706. The molecule has 3 N–H and O–H groups in total. The lowest BCUT2D eigenvalue weighted by atomic mass is 10.0. The van der Waals surface area contributed by atoms with Crippen LogP contribution in [0, 0.1) is 6.92 Å². The van der Waals surface area contributed by atoms with Gasteiger partial charge < -0.3 is 5.32 Å². The number of hydrogen-bond acceptors (Lipinski definition) is 3. The third-order valence-electron chi connectivity index (χ3n) is 3.40. The second kappa shape index (κ2) is 6.87. The molecule has 0 saturated carbocycles. The number of carbonyl (C=O) groups is 2. The van der Waals surface area contributed by atoms with Gasteiger partial charge in [-0.15, -0.1) is 0 Å². The lowest BCUT2D eigenvalue weighted by Gasteiger charge is -2.15. The van der Waals surface area contributed by atoms with Crippen LogP contribution in [0.1, 0.15) is 44.8 Å². The summed E-state index contributed by atoms with van der Waals surface area (Å²) in [5.41, 5.74) is 4.44. The summed E-state index contributed by atoms with van der Waals surface area (Å²) in [6.45, 7) is 3.81. The van der Waals surface area contributed by atoms with Gasteiger partial charge in [-0.3, -0.25) is 14.8 Å². The van der Waals surface area contributed by atoms with Crippen LogP contribution < -0.4 is 10.8 Å². The predicted octanol–water partition coefficient (Wildman–Crippen LogP) is 2.61. The van der Waals surface area contributed by atoms with Gasteiger partial charge in [0.2, 0.25) is 0 Å². The van der Waals surface area contributed by atoms with Crippen LogP contribution in [-0.2, 0) is 0 Å². The first kappa shape index (κ1) is 15.7. The van der Waals surface area contributed by atoms with Gasteiger partial charge in [0.15, 0.2) is 0 Å².